The Balaban J connectivity index is 1.71. The van der Waals surface area contributed by atoms with Crippen molar-refractivity contribution < 1.29 is 23.9 Å². The van der Waals surface area contributed by atoms with Crippen LogP contribution in [0.4, 0.5) is 5.69 Å². The molecular formula is C24H26N2O5. The van der Waals surface area contributed by atoms with Crippen molar-refractivity contribution in [3.8, 4) is 5.75 Å². The summed E-state index contributed by atoms with van der Waals surface area (Å²) in [5.74, 6) is -1.27. The number of likely N-dealkylation sites (tertiary alicyclic amines) is 1. The molecule has 0 saturated carbocycles. The highest BCUT2D eigenvalue weighted by atomic mass is 16.5. The summed E-state index contributed by atoms with van der Waals surface area (Å²) in [6, 6.07) is 14.7. The van der Waals surface area contributed by atoms with Crippen LogP contribution in [0.5, 0.6) is 5.75 Å². The molecule has 162 valence electrons. The number of hydrogen-bond donors (Lipinski definition) is 1. The van der Waals surface area contributed by atoms with Crippen LogP contribution in [0.2, 0.25) is 0 Å². The zero-order valence-corrected chi connectivity index (χ0v) is 17.9. The molecule has 0 radical (unpaired) electrons. The van der Waals surface area contributed by atoms with Gasteiger partial charge in [-0.25, -0.2) is 0 Å². The summed E-state index contributed by atoms with van der Waals surface area (Å²) in [7, 11) is 1.58. The number of nitrogens with zero attached hydrogens (tertiary/aromatic N) is 1. The van der Waals surface area contributed by atoms with Crippen molar-refractivity contribution in [2.75, 3.05) is 25.6 Å². The predicted molar refractivity (Wildman–Crippen MR) is 115 cm³/mol. The Hall–Kier alpha value is -3.35. The molecule has 31 heavy (non-hydrogen) atoms. The molecule has 7 heteroatoms. The number of rotatable bonds is 5. The first-order valence-corrected chi connectivity index (χ1v) is 10.4. The smallest absolute Gasteiger partial charge is 0.311 e. The molecule has 7 nitrogen and oxygen atoms in total. The number of carbonyl (C=O) groups is 3. The van der Waals surface area contributed by atoms with Crippen molar-refractivity contribution in [3.05, 3.63) is 59.7 Å². The van der Waals surface area contributed by atoms with Gasteiger partial charge in [-0.2, -0.15) is 0 Å². The van der Waals surface area contributed by atoms with Crippen molar-refractivity contribution in [1.82, 2.24) is 4.90 Å². The molecule has 1 saturated heterocycles. The summed E-state index contributed by atoms with van der Waals surface area (Å²) >= 11 is 0. The lowest BCUT2D eigenvalue weighted by atomic mass is 9.72. The number of nitrogens with one attached hydrogen (secondary N) is 1. The van der Waals surface area contributed by atoms with Crippen LogP contribution in [0.3, 0.4) is 0 Å². The van der Waals surface area contributed by atoms with Crippen molar-refractivity contribution in [1.29, 1.82) is 0 Å². The van der Waals surface area contributed by atoms with Gasteiger partial charge in [-0.1, -0.05) is 30.3 Å². The monoisotopic (exact) mass is 422 g/mol. The van der Waals surface area contributed by atoms with Crippen LogP contribution in [0.15, 0.2) is 48.5 Å². The third-order valence-corrected chi connectivity index (χ3v) is 6.36. The number of para-hydroxylation sites is 1. The number of fused-ring (bicyclic) bond motifs is 3. The van der Waals surface area contributed by atoms with E-state index < -0.39 is 17.4 Å². The van der Waals surface area contributed by atoms with E-state index in [1.54, 1.807) is 38.0 Å². The fraction of sp³-hybridized carbons (Fsp3) is 0.375. The van der Waals surface area contributed by atoms with Crippen LogP contribution in [0, 0.1) is 5.92 Å². The van der Waals surface area contributed by atoms with Crippen molar-refractivity contribution in [2.24, 2.45) is 5.92 Å². The molecule has 0 spiro atoms. The van der Waals surface area contributed by atoms with E-state index in [2.05, 4.69) is 5.32 Å². The fourth-order valence-corrected chi connectivity index (χ4v) is 4.80. The molecule has 2 amide bonds. The Morgan fingerprint density at radius 3 is 2.55 bits per heavy atom. The van der Waals surface area contributed by atoms with Crippen LogP contribution in [-0.2, 0) is 25.5 Å². The van der Waals surface area contributed by atoms with Gasteiger partial charge in [0.25, 0.3) is 5.91 Å². The Morgan fingerprint density at radius 1 is 1.16 bits per heavy atom. The SMILES string of the molecule is CCOC(=O)[C@H]1CN(C(=O)Cc2ccc(OC)cc2)[C@]2(C)C(=O)Nc3ccccc3[C@H]12. The Morgan fingerprint density at radius 2 is 1.87 bits per heavy atom. The van der Waals surface area contributed by atoms with Crippen molar-refractivity contribution >= 4 is 23.5 Å². The van der Waals surface area contributed by atoms with E-state index in [1.807, 2.05) is 36.4 Å². The van der Waals surface area contributed by atoms with Crippen LogP contribution in [-0.4, -0.2) is 48.5 Å². The Bertz CT molecular complexity index is 1020. The Labute approximate surface area is 181 Å². The molecular weight excluding hydrogens is 396 g/mol. The minimum Gasteiger partial charge on any atom is -0.497 e. The lowest BCUT2D eigenvalue weighted by molar-refractivity contribution is -0.148. The highest BCUT2D eigenvalue weighted by Gasteiger charge is 2.62. The summed E-state index contributed by atoms with van der Waals surface area (Å²) in [6.07, 6.45) is 0.122. The fourth-order valence-electron chi connectivity index (χ4n) is 4.80. The van der Waals surface area contributed by atoms with Gasteiger partial charge >= 0.3 is 5.97 Å². The molecule has 2 aromatic carbocycles. The standard InChI is InChI=1S/C24H26N2O5/c1-4-31-22(28)18-14-26(20(27)13-15-9-11-16(30-3)12-10-15)24(2)21(18)17-7-5-6-8-19(17)25-23(24)29/h5-12,18,21H,4,13-14H2,1-3H3,(H,25,29)/t18-,21+,24-/m0/s1. The number of esters is 1. The van der Waals surface area contributed by atoms with Gasteiger partial charge in [-0.15, -0.1) is 0 Å². The summed E-state index contributed by atoms with van der Waals surface area (Å²) in [5, 5.41) is 2.93. The van der Waals surface area contributed by atoms with Crippen LogP contribution in [0.25, 0.3) is 0 Å². The molecule has 1 fully saturated rings. The first kappa shape index (κ1) is 20.9. The highest BCUT2D eigenvalue weighted by Crippen LogP contribution is 2.51. The lowest BCUT2D eigenvalue weighted by Gasteiger charge is -2.42. The number of hydrogen-bond acceptors (Lipinski definition) is 5. The van der Waals surface area contributed by atoms with E-state index in [9.17, 15) is 14.4 Å². The third-order valence-electron chi connectivity index (χ3n) is 6.36. The Kier molecular flexibility index (Phi) is 5.43. The largest absolute Gasteiger partial charge is 0.497 e. The quantitative estimate of drug-likeness (QED) is 0.749. The third kappa shape index (κ3) is 3.44. The molecule has 0 aromatic heterocycles. The maximum absolute atomic E-state index is 13.4. The molecule has 2 aliphatic heterocycles. The first-order valence-electron chi connectivity index (χ1n) is 10.4. The summed E-state index contributed by atoms with van der Waals surface area (Å²) in [4.78, 5) is 41.0. The van der Waals surface area contributed by atoms with Gasteiger partial charge in [0.1, 0.15) is 11.3 Å². The van der Waals surface area contributed by atoms with Gasteiger partial charge in [0, 0.05) is 18.2 Å². The normalized spacial score (nSPS) is 24.1. The van der Waals surface area contributed by atoms with Crippen molar-refractivity contribution in [3.63, 3.8) is 0 Å². The highest BCUT2D eigenvalue weighted by molar-refractivity contribution is 6.06. The van der Waals surface area contributed by atoms with Gasteiger partial charge in [0.2, 0.25) is 5.91 Å². The number of ether oxygens (including phenoxy) is 2. The van der Waals surface area contributed by atoms with Gasteiger partial charge in [0.05, 0.1) is 26.1 Å². The van der Waals surface area contributed by atoms with Crippen LogP contribution in [0.1, 0.15) is 30.9 Å². The van der Waals surface area contributed by atoms with Gasteiger partial charge in [-0.05, 0) is 43.2 Å². The van der Waals surface area contributed by atoms with E-state index in [1.165, 1.54) is 0 Å². The van der Waals surface area contributed by atoms with Gasteiger partial charge < -0.3 is 19.7 Å². The summed E-state index contributed by atoms with van der Waals surface area (Å²) in [5.41, 5.74) is 1.15. The van der Waals surface area contributed by atoms with Crippen LogP contribution < -0.4 is 10.1 Å². The van der Waals surface area contributed by atoms with E-state index >= 15 is 0 Å². The molecule has 4 rings (SSSR count). The predicted octanol–water partition coefficient (Wildman–Crippen LogP) is 2.75. The number of amides is 2. The number of anilines is 1. The second-order valence-corrected chi connectivity index (χ2v) is 8.05. The van der Waals surface area contributed by atoms with E-state index in [0.717, 1.165) is 11.1 Å². The average Bonchev–Trinajstić information content (AvgIpc) is 3.10. The zero-order valence-electron chi connectivity index (χ0n) is 17.9. The van der Waals surface area contributed by atoms with Gasteiger partial charge in [0.15, 0.2) is 0 Å². The van der Waals surface area contributed by atoms with Crippen LogP contribution >= 0.6 is 0 Å². The van der Waals surface area contributed by atoms with E-state index in [4.69, 9.17) is 9.47 Å². The number of benzene rings is 2. The summed E-state index contributed by atoms with van der Waals surface area (Å²) in [6.45, 7) is 3.87. The molecule has 2 aliphatic rings. The molecule has 2 aromatic rings. The molecule has 2 heterocycles. The number of methoxy groups -OCH3 is 1. The lowest BCUT2D eigenvalue weighted by Crippen LogP contribution is -2.58. The second kappa shape index (κ2) is 8.06. The second-order valence-electron chi connectivity index (χ2n) is 8.05. The van der Waals surface area contributed by atoms with Crippen molar-refractivity contribution in [2.45, 2.75) is 31.7 Å². The minimum absolute atomic E-state index is 0.122. The first-order chi connectivity index (χ1) is 14.9. The molecule has 0 bridgehead atoms. The molecule has 0 aliphatic carbocycles. The van der Waals surface area contributed by atoms with E-state index in [-0.39, 0.29) is 37.4 Å². The minimum atomic E-state index is -1.19. The topological polar surface area (TPSA) is 84.9 Å². The summed E-state index contributed by atoms with van der Waals surface area (Å²) < 4.78 is 10.5. The zero-order chi connectivity index (χ0) is 22.2. The maximum atomic E-state index is 13.4. The van der Waals surface area contributed by atoms with E-state index in [0.29, 0.717) is 11.4 Å². The molecule has 3 atom stereocenters. The molecule has 0 unspecified atom stereocenters. The maximum Gasteiger partial charge on any atom is 0.311 e. The molecule has 1 N–H and O–H groups in total. The van der Waals surface area contributed by atoms with Gasteiger partial charge in [-0.3, -0.25) is 14.4 Å². The average molecular weight is 422 g/mol. The number of carbonyl (C=O) groups excluding carboxylic acids is 3.